The molecule has 4 aromatic carbocycles. The van der Waals surface area contributed by atoms with Crippen LogP contribution in [0.4, 0.5) is 0 Å². The molecule has 1 fully saturated rings. The van der Waals surface area contributed by atoms with Gasteiger partial charge in [-0.3, -0.25) is 0 Å². The summed E-state index contributed by atoms with van der Waals surface area (Å²) in [4.78, 5) is 25.6. The fraction of sp³-hybridized carbons (Fsp3) is 0.118. The highest BCUT2D eigenvalue weighted by Gasteiger charge is 2.53. The topological polar surface area (TPSA) is 101 Å². The van der Waals surface area contributed by atoms with E-state index in [0.717, 1.165) is 33.0 Å². The summed E-state index contributed by atoms with van der Waals surface area (Å²) in [5, 5.41) is 21.7. The molecule has 0 saturated heterocycles. The maximum absolute atomic E-state index is 12.8. The Hall–Kier alpha value is -5.10. The van der Waals surface area contributed by atoms with Gasteiger partial charge in [-0.2, -0.15) is 0 Å². The van der Waals surface area contributed by atoms with Gasteiger partial charge in [-0.25, -0.2) is 9.59 Å². The van der Waals surface area contributed by atoms with Gasteiger partial charge in [0.05, 0.1) is 0 Å². The predicted octanol–water partition coefficient (Wildman–Crippen LogP) is 6.76. The van der Waals surface area contributed by atoms with Gasteiger partial charge >= 0.3 is 11.3 Å². The monoisotopic (exact) mass is 528 g/mol. The minimum absolute atomic E-state index is 0.0178. The molecule has 7 rings (SSSR count). The van der Waals surface area contributed by atoms with Crippen molar-refractivity contribution in [2.24, 2.45) is 0 Å². The first-order chi connectivity index (χ1) is 19.5. The van der Waals surface area contributed by atoms with Crippen LogP contribution in [0, 0.1) is 0 Å². The maximum atomic E-state index is 12.8. The number of hydrogen-bond donors (Lipinski definition) is 2. The predicted molar refractivity (Wildman–Crippen MR) is 152 cm³/mol. The van der Waals surface area contributed by atoms with Gasteiger partial charge in [0.15, 0.2) is 0 Å². The smallest absolute Gasteiger partial charge is 0.336 e. The first-order valence-corrected chi connectivity index (χ1v) is 13.1. The Morgan fingerprint density at radius 3 is 1.27 bits per heavy atom. The molecular weight excluding hydrogens is 504 g/mol. The van der Waals surface area contributed by atoms with E-state index in [-0.39, 0.29) is 35.2 Å². The van der Waals surface area contributed by atoms with E-state index < -0.39 is 11.3 Å². The number of fused-ring (bicyclic) bond motifs is 2. The van der Waals surface area contributed by atoms with Crippen molar-refractivity contribution in [3.05, 3.63) is 152 Å². The average Bonchev–Trinajstić information content (AvgIpc) is 2.93. The summed E-state index contributed by atoms with van der Waals surface area (Å²) in [5.41, 5.74) is 3.48. The summed E-state index contributed by atoms with van der Waals surface area (Å²) in [6.07, 6.45) is 0. The lowest BCUT2D eigenvalue weighted by Crippen LogP contribution is -2.41. The van der Waals surface area contributed by atoms with Crippen LogP contribution in [0.2, 0.25) is 0 Å². The normalized spacial score (nSPS) is 20.4. The third kappa shape index (κ3) is 3.88. The second-order valence-electron chi connectivity index (χ2n) is 10.3. The molecule has 0 atom stereocenters. The highest BCUT2D eigenvalue weighted by molar-refractivity contribution is 5.85. The summed E-state index contributed by atoms with van der Waals surface area (Å²) in [5.74, 6) is -0.475. The van der Waals surface area contributed by atoms with Crippen molar-refractivity contribution in [3.8, 4) is 11.5 Å². The molecule has 6 heteroatoms. The van der Waals surface area contributed by atoms with E-state index in [0.29, 0.717) is 11.2 Å². The van der Waals surface area contributed by atoms with Crippen molar-refractivity contribution in [2.75, 3.05) is 0 Å². The van der Waals surface area contributed by atoms with E-state index in [1.165, 1.54) is 12.1 Å². The lowest BCUT2D eigenvalue weighted by Gasteiger charge is -2.54. The van der Waals surface area contributed by atoms with Crippen molar-refractivity contribution in [1.29, 1.82) is 0 Å². The number of phenolic OH excluding ortho intramolecular Hbond substituents is 2. The SMILES string of the molecule is O=c1cc(C2C(c3ccccc3)C(c3cc(=O)oc4cc(O)ccc34)C2c2ccccc2)c2ccc(O)cc2o1. The minimum atomic E-state index is -0.489. The molecule has 0 amide bonds. The van der Waals surface area contributed by atoms with Gasteiger partial charge in [-0.15, -0.1) is 0 Å². The molecule has 196 valence electrons. The first kappa shape index (κ1) is 24.0. The largest absolute Gasteiger partial charge is 0.508 e. The number of hydrogen-bond acceptors (Lipinski definition) is 6. The highest BCUT2D eigenvalue weighted by atomic mass is 16.4. The highest BCUT2D eigenvalue weighted by Crippen LogP contribution is 2.67. The summed E-state index contributed by atoms with van der Waals surface area (Å²) >= 11 is 0. The first-order valence-electron chi connectivity index (χ1n) is 13.1. The molecule has 1 aliphatic carbocycles. The molecule has 2 aromatic heterocycles. The number of aromatic hydroxyl groups is 2. The second-order valence-corrected chi connectivity index (χ2v) is 10.3. The van der Waals surface area contributed by atoms with Crippen LogP contribution in [0.1, 0.15) is 45.9 Å². The lowest BCUT2D eigenvalue weighted by atomic mass is 9.49. The molecule has 40 heavy (non-hydrogen) atoms. The van der Waals surface area contributed by atoms with Gasteiger partial charge in [-0.05, 0) is 70.2 Å². The third-order valence-corrected chi connectivity index (χ3v) is 8.15. The molecule has 0 radical (unpaired) electrons. The van der Waals surface area contributed by atoms with Gasteiger partial charge in [0.25, 0.3) is 0 Å². The molecule has 2 N–H and O–H groups in total. The average molecular weight is 529 g/mol. The van der Waals surface area contributed by atoms with Crippen LogP contribution in [0.3, 0.4) is 0 Å². The van der Waals surface area contributed by atoms with Crippen LogP contribution in [0.25, 0.3) is 21.9 Å². The maximum Gasteiger partial charge on any atom is 0.336 e. The Labute approximate surface area is 228 Å². The third-order valence-electron chi connectivity index (χ3n) is 8.15. The number of phenols is 2. The zero-order valence-corrected chi connectivity index (χ0v) is 21.2. The van der Waals surface area contributed by atoms with Crippen molar-refractivity contribution in [2.45, 2.75) is 23.7 Å². The molecule has 0 unspecified atom stereocenters. The fourth-order valence-electron chi connectivity index (χ4n) is 6.61. The molecule has 0 aliphatic heterocycles. The zero-order chi connectivity index (χ0) is 27.4. The molecule has 1 saturated carbocycles. The lowest BCUT2D eigenvalue weighted by molar-refractivity contribution is 0.230. The van der Waals surface area contributed by atoms with Crippen LogP contribution >= 0.6 is 0 Å². The summed E-state index contributed by atoms with van der Waals surface area (Å²) in [6.45, 7) is 0. The van der Waals surface area contributed by atoms with Gasteiger partial charge in [0, 0.05) is 35.0 Å². The molecule has 6 nitrogen and oxygen atoms in total. The molecule has 1 aliphatic rings. The van der Waals surface area contributed by atoms with E-state index in [9.17, 15) is 19.8 Å². The summed E-state index contributed by atoms with van der Waals surface area (Å²) in [7, 11) is 0. The Morgan fingerprint density at radius 1 is 0.475 bits per heavy atom. The van der Waals surface area contributed by atoms with Gasteiger partial charge in [0.2, 0.25) is 0 Å². The molecule has 2 heterocycles. The number of benzene rings is 4. The van der Waals surface area contributed by atoms with Crippen molar-refractivity contribution < 1.29 is 19.0 Å². The van der Waals surface area contributed by atoms with Crippen LogP contribution in [-0.2, 0) is 0 Å². The summed E-state index contributed by atoms with van der Waals surface area (Å²) in [6, 6.07) is 33.0. The van der Waals surface area contributed by atoms with Crippen LogP contribution in [0.5, 0.6) is 11.5 Å². The van der Waals surface area contributed by atoms with Gasteiger partial charge in [0.1, 0.15) is 22.7 Å². The Kier molecular flexibility index (Phi) is 5.56. The fourth-order valence-corrected chi connectivity index (χ4v) is 6.61. The number of rotatable bonds is 4. The van der Waals surface area contributed by atoms with E-state index in [4.69, 9.17) is 8.83 Å². The van der Waals surface area contributed by atoms with Crippen molar-refractivity contribution in [1.82, 2.24) is 0 Å². The van der Waals surface area contributed by atoms with Gasteiger partial charge < -0.3 is 19.0 Å². The minimum Gasteiger partial charge on any atom is -0.508 e. The van der Waals surface area contributed by atoms with Crippen LogP contribution < -0.4 is 11.3 Å². The van der Waals surface area contributed by atoms with Crippen molar-refractivity contribution in [3.63, 3.8) is 0 Å². The molecular formula is C34H24O6. The quantitative estimate of drug-likeness (QED) is 0.245. The molecule has 6 aromatic rings. The van der Waals surface area contributed by atoms with Crippen LogP contribution in [-0.4, -0.2) is 10.2 Å². The molecule has 0 spiro atoms. The zero-order valence-electron chi connectivity index (χ0n) is 21.2. The Morgan fingerprint density at radius 2 is 0.875 bits per heavy atom. The summed E-state index contributed by atoms with van der Waals surface area (Å²) < 4.78 is 11.0. The Balaban J connectivity index is 1.54. The second kappa shape index (κ2) is 9.27. The van der Waals surface area contributed by atoms with E-state index >= 15 is 0 Å². The van der Waals surface area contributed by atoms with Crippen molar-refractivity contribution >= 4 is 21.9 Å². The van der Waals surface area contributed by atoms with E-state index in [1.54, 1.807) is 36.4 Å². The van der Waals surface area contributed by atoms with Gasteiger partial charge in [-0.1, -0.05) is 60.7 Å². The van der Waals surface area contributed by atoms with E-state index in [2.05, 4.69) is 24.3 Å². The van der Waals surface area contributed by atoms with E-state index in [1.807, 2.05) is 36.4 Å². The van der Waals surface area contributed by atoms with Crippen LogP contribution in [0.15, 0.2) is 128 Å². The standard InChI is InChI=1S/C34H24O6/c35-21-11-13-23-25(17-29(37)39-27(23)15-21)33-31(19-7-3-1-4-8-19)34(32(33)20-9-5-2-6-10-20)26-18-30(38)40-28-16-22(36)12-14-24(26)28/h1-18,31-36H. The molecule has 0 bridgehead atoms. The Bertz CT molecular complexity index is 1840.